The first kappa shape index (κ1) is 31.2. The molecule has 2 amide bonds. The molecule has 2 fully saturated rings. The average molecular weight is 586 g/mol. The van der Waals surface area contributed by atoms with E-state index in [-0.39, 0.29) is 22.8 Å². The third-order valence-corrected chi connectivity index (χ3v) is 9.41. The minimum absolute atomic E-state index is 0.0449. The highest BCUT2D eigenvalue weighted by Gasteiger charge is 2.41. The number of hydrogen-bond acceptors (Lipinski definition) is 3. The van der Waals surface area contributed by atoms with E-state index in [1.54, 1.807) is 4.90 Å². The Balaban J connectivity index is 1.41. The molecule has 5 nitrogen and oxygen atoms in total. The molecule has 43 heavy (non-hydrogen) atoms. The Morgan fingerprint density at radius 1 is 1.00 bits per heavy atom. The molecule has 0 aromatic heterocycles. The van der Waals surface area contributed by atoms with Gasteiger partial charge in [0.2, 0.25) is 5.91 Å². The molecule has 2 aromatic carbocycles. The third-order valence-electron chi connectivity index (χ3n) is 9.41. The van der Waals surface area contributed by atoms with Gasteiger partial charge in [-0.15, -0.1) is 0 Å². The van der Waals surface area contributed by atoms with Crippen molar-refractivity contribution >= 4 is 17.5 Å². The number of benzene rings is 2. The van der Waals surface area contributed by atoms with Crippen LogP contribution in [0.5, 0.6) is 0 Å². The summed E-state index contributed by atoms with van der Waals surface area (Å²) in [5, 5.41) is 3.17. The second-order valence-electron chi connectivity index (χ2n) is 13.7. The summed E-state index contributed by atoms with van der Waals surface area (Å²) >= 11 is 0. The van der Waals surface area contributed by atoms with E-state index in [2.05, 4.69) is 61.3 Å². The number of allylic oxidation sites excluding steroid dienone is 2. The molecule has 2 aliphatic heterocycles. The summed E-state index contributed by atoms with van der Waals surface area (Å²) in [5.74, 6) is -1.30. The van der Waals surface area contributed by atoms with E-state index in [4.69, 9.17) is 0 Å². The van der Waals surface area contributed by atoms with Crippen molar-refractivity contribution in [2.24, 2.45) is 5.92 Å². The van der Waals surface area contributed by atoms with Crippen molar-refractivity contribution in [1.29, 1.82) is 0 Å². The smallest absolute Gasteiger partial charge is 0.257 e. The van der Waals surface area contributed by atoms with E-state index < -0.39 is 17.8 Å². The Kier molecular flexibility index (Phi) is 9.85. The van der Waals surface area contributed by atoms with Crippen LogP contribution in [0.15, 0.2) is 71.6 Å². The fourth-order valence-corrected chi connectivity index (χ4v) is 6.88. The molecule has 1 aliphatic carbocycles. The quantitative estimate of drug-likeness (QED) is 0.343. The maximum Gasteiger partial charge on any atom is 0.257 e. The molecule has 230 valence electrons. The molecule has 2 aromatic rings. The Bertz CT molecular complexity index is 1360. The lowest BCUT2D eigenvalue weighted by atomic mass is 9.82. The summed E-state index contributed by atoms with van der Waals surface area (Å²) < 4.78 is 15.1. The number of piperidine rings is 1. The van der Waals surface area contributed by atoms with Crippen LogP contribution in [0.4, 0.5) is 10.1 Å². The van der Waals surface area contributed by atoms with Gasteiger partial charge >= 0.3 is 0 Å². The van der Waals surface area contributed by atoms with Gasteiger partial charge in [-0.05, 0) is 118 Å². The predicted octanol–water partition coefficient (Wildman–Crippen LogP) is 7.89. The zero-order valence-electron chi connectivity index (χ0n) is 26.4. The van der Waals surface area contributed by atoms with E-state index in [1.165, 1.54) is 37.6 Å². The minimum Gasteiger partial charge on any atom is -0.331 e. The number of anilines is 1. The number of nitrogens with one attached hydrogen (secondary N) is 1. The van der Waals surface area contributed by atoms with Crippen molar-refractivity contribution in [1.82, 2.24) is 9.80 Å². The van der Waals surface area contributed by atoms with Crippen molar-refractivity contribution in [3.05, 3.63) is 88.3 Å². The topological polar surface area (TPSA) is 52.7 Å². The molecule has 5 rings (SSSR count). The zero-order valence-corrected chi connectivity index (χ0v) is 26.4. The van der Waals surface area contributed by atoms with E-state index in [0.717, 1.165) is 41.8 Å². The first-order chi connectivity index (χ1) is 20.6. The van der Waals surface area contributed by atoms with Crippen LogP contribution < -0.4 is 5.32 Å². The van der Waals surface area contributed by atoms with Crippen LogP contribution in [0.25, 0.3) is 0 Å². The maximum absolute atomic E-state index is 15.1. The van der Waals surface area contributed by atoms with Crippen molar-refractivity contribution in [2.45, 2.75) is 90.5 Å². The Hall–Kier alpha value is -3.25. The van der Waals surface area contributed by atoms with E-state index in [1.807, 2.05) is 25.1 Å². The molecular formula is C37H48FN3O2. The van der Waals surface area contributed by atoms with Gasteiger partial charge in [-0.3, -0.25) is 9.59 Å². The molecule has 2 unspecified atom stereocenters. The molecule has 0 radical (unpaired) electrons. The highest BCUT2D eigenvalue weighted by molar-refractivity contribution is 5.99. The van der Waals surface area contributed by atoms with Crippen LogP contribution in [-0.2, 0) is 21.4 Å². The number of nitrogens with zero attached hydrogens (tertiary/aromatic N) is 2. The second kappa shape index (κ2) is 13.6. The monoisotopic (exact) mass is 585 g/mol. The van der Waals surface area contributed by atoms with E-state index in [9.17, 15) is 9.59 Å². The third kappa shape index (κ3) is 7.46. The standard InChI is InChI=1S/C37H48FN3O2/c1-26-11-7-16-32(38)33(26)36(43)41-24-10-15-31(35(42)39-30-14-8-13-29(25-30)37(2,3)4)34(41)28-19-17-27(18-20-28)12-9-23-40-21-5-6-22-40/h8,13-14,16-20,25,31,34H,5-7,9-12,15,21-24H2,1-4H3,(H,39,42). The van der Waals surface area contributed by atoms with Gasteiger partial charge in [-0.1, -0.05) is 62.7 Å². The number of carbonyl (C=O) groups excluding carboxylic acids is 2. The van der Waals surface area contributed by atoms with Crippen molar-refractivity contribution in [2.75, 3.05) is 31.5 Å². The number of carbonyl (C=O) groups is 2. The largest absolute Gasteiger partial charge is 0.331 e. The number of halogens is 1. The van der Waals surface area contributed by atoms with Gasteiger partial charge in [-0.2, -0.15) is 0 Å². The molecule has 1 N–H and O–H groups in total. The number of rotatable bonds is 8. The Morgan fingerprint density at radius 2 is 1.74 bits per heavy atom. The second-order valence-corrected chi connectivity index (χ2v) is 13.7. The summed E-state index contributed by atoms with van der Waals surface area (Å²) in [6.45, 7) is 12.3. The summed E-state index contributed by atoms with van der Waals surface area (Å²) in [5.41, 5.74) is 5.00. The highest BCUT2D eigenvalue weighted by atomic mass is 19.1. The van der Waals surface area contributed by atoms with Gasteiger partial charge in [0.05, 0.1) is 17.5 Å². The van der Waals surface area contributed by atoms with Crippen LogP contribution in [0.3, 0.4) is 0 Å². The van der Waals surface area contributed by atoms with Crippen molar-refractivity contribution in [3.63, 3.8) is 0 Å². The summed E-state index contributed by atoms with van der Waals surface area (Å²) in [4.78, 5) is 32.3. The van der Waals surface area contributed by atoms with E-state index in [0.29, 0.717) is 32.2 Å². The minimum atomic E-state index is -0.472. The molecule has 2 heterocycles. The van der Waals surface area contributed by atoms with Crippen LogP contribution in [0.2, 0.25) is 0 Å². The Labute approximate surface area is 257 Å². The number of aryl methyl sites for hydroxylation is 1. The normalized spacial score (nSPS) is 21.6. The molecular weight excluding hydrogens is 537 g/mol. The molecule has 2 saturated heterocycles. The summed E-state index contributed by atoms with van der Waals surface area (Å²) in [6, 6.07) is 16.0. The van der Waals surface area contributed by atoms with Crippen LogP contribution in [-0.4, -0.2) is 47.8 Å². The van der Waals surface area contributed by atoms with Gasteiger partial charge < -0.3 is 15.1 Å². The lowest BCUT2D eigenvalue weighted by Crippen LogP contribution is -2.47. The molecule has 0 spiro atoms. The van der Waals surface area contributed by atoms with Gasteiger partial charge in [0.1, 0.15) is 5.83 Å². The molecule has 3 aliphatic rings. The van der Waals surface area contributed by atoms with Gasteiger partial charge in [0, 0.05) is 12.2 Å². The van der Waals surface area contributed by atoms with Crippen molar-refractivity contribution in [3.8, 4) is 0 Å². The van der Waals surface area contributed by atoms with Crippen LogP contribution in [0.1, 0.15) is 95.4 Å². The molecule has 6 heteroatoms. The molecule has 2 atom stereocenters. The lowest BCUT2D eigenvalue weighted by molar-refractivity contribution is -0.135. The Morgan fingerprint density at radius 3 is 2.44 bits per heavy atom. The van der Waals surface area contributed by atoms with Gasteiger partial charge in [-0.25, -0.2) is 4.39 Å². The van der Waals surface area contributed by atoms with Crippen LogP contribution >= 0.6 is 0 Å². The maximum atomic E-state index is 15.1. The van der Waals surface area contributed by atoms with Crippen LogP contribution in [0, 0.1) is 5.92 Å². The average Bonchev–Trinajstić information content (AvgIpc) is 3.50. The first-order valence-electron chi connectivity index (χ1n) is 16.2. The predicted molar refractivity (Wildman–Crippen MR) is 173 cm³/mol. The van der Waals surface area contributed by atoms with Crippen molar-refractivity contribution < 1.29 is 14.0 Å². The summed E-state index contributed by atoms with van der Waals surface area (Å²) in [7, 11) is 0. The van der Waals surface area contributed by atoms with Gasteiger partial charge in [0.15, 0.2) is 0 Å². The SMILES string of the molecule is CC1=C(C(=O)N2CCCC(C(=O)Nc3cccc(C(C)(C)C)c3)C2c2ccc(CCCN3CCCC3)cc2)C(F)=CCC1. The number of likely N-dealkylation sites (tertiary alicyclic amines) is 2. The highest BCUT2D eigenvalue weighted by Crippen LogP contribution is 2.40. The molecule has 0 bridgehead atoms. The van der Waals surface area contributed by atoms with Gasteiger partial charge in [0.25, 0.3) is 5.91 Å². The first-order valence-corrected chi connectivity index (χ1v) is 16.2. The molecule has 0 saturated carbocycles. The lowest BCUT2D eigenvalue weighted by Gasteiger charge is -2.41. The number of hydrogen-bond donors (Lipinski definition) is 1. The van der Waals surface area contributed by atoms with E-state index >= 15 is 4.39 Å². The fourth-order valence-electron chi connectivity index (χ4n) is 6.88. The summed E-state index contributed by atoms with van der Waals surface area (Å²) in [6.07, 6.45) is 8.87. The number of amides is 2. The zero-order chi connectivity index (χ0) is 30.6. The fraction of sp³-hybridized carbons (Fsp3) is 0.514.